The number of rotatable bonds is 1. The Bertz CT molecular complexity index is 348. The van der Waals surface area contributed by atoms with Gasteiger partial charge in [-0.3, -0.25) is 0 Å². The molecule has 4 atom stereocenters. The molecule has 0 bridgehead atoms. The maximum Gasteiger partial charge on any atom is 0.0830 e. The fourth-order valence-corrected chi connectivity index (χ4v) is 4.21. The predicted octanol–water partition coefficient (Wildman–Crippen LogP) is 1.86. The SMILES string of the molecule is C[C@H]1[C@@H](O)[C@H](O)CC(C)(C)[C@]12CC=C(CO)CC2. The normalized spacial score (nSPS) is 43.9. The van der Waals surface area contributed by atoms with Crippen molar-refractivity contribution < 1.29 is 15.3 Å². The zero-order chi connectivity index (χ0) is 13.6. The van der Waals surface area contributed by atoms with Crippen LogP contribution in [0.25, 0.3) is 0 Å². The maximum atomic E-state index is 10.2. The lowest BCUT2D eigenvalue weighted by atomic mass is 9.48. The van der Waals surface area contributed by atoms with Gasteiger partial charge >= 0.3 is 0 Å². The number of hydrogen-bond acceptors (Lipinski definition) is 3. The van der Waals surface area contributed by atoms with E-state index in [1.54, 1.807) is 0 Å². The third-order valence-corrected chi connectivity index (χ3v) is 5.70. The van der Waals surface area contributed by atoms with Gasteiger partial charge in [0.2, 0.25) is 0 Å². The first kappa shape index (κ1) is 14.0. The van der Waals surface area contributed by atoms with Crippen molar-refractivity contribution in [2.75, 3.05) is 6.61 Å². The summed E-state index contributed by atoms with van der Waals surface area (Å²) in [6, 6.07) is 0. The van der Waals surface area contributed by atoms with Crippen LogP contribution in [0.4, 0.5) is 0 Å². The van der Waals surface area contributed by atoms with Gasteiger partial charge in [-0.15, -0.1) is 0 Å². The lowest BCUT2D eigenvalue weighted by molar-refractivity contribution is -0.163. The molecule has 0 heterocycles. The van der Waals surface area contributed by atoms with Crippen LogP contribution in [0.2, 0.25) is 0 Å². The zero-order valence-electron chi connectivity index (χ0n) is 11.7. The Kier molecular flexibility index (Phi) is 3.60. The van der Waals surface area contributed by atoms with Crippen molar-refractivity contribution in [2.45, 2.75) is 58.7 Å². The summed E-state index contributed by atoms with van der Waals surface area (Å²) in [6.07, 6.45) is 4.38. The van der Waals surface area contributed by atoms with E-state index in [0.29, 0.717) is 6.42 Å². The molecule has 0 aromatic heterocycles. The van der Waals surface area contributed by atoms with Crippen LogP contribution < -0.4 is 0 Å². The third-order valence-electron chi connectivity index (χ3n) is 5.70. The molecule has 2 rings (SSSR count). The van der Waals surface area contributed by atoms with Crippen LogP contribution in [0.1, 0.15) is 46.5 Å². The first-order chi connectivity index (χ1) is 8.34. The highest BCUT2D eigenvalue weighted by molar-refractivity contribution is 5.16. The number of aliphatic hydroxyl groups is 3. The second kappa shape index (κ2) is 4.62. The molecule has 3 heteroatoms. The minimum Gasteiger partial charge on any atom is -0.392 e. The summed E-state index contributed by atoms with van der Waals surface area (Å²) in [5.74, 6) is 0.0905. The molecular formula is C15H26O3. The Hall–Kier alpha value is -0.380. The van der Waals surface area contributed by atoms with Crippen LogP contribution in [-0.2, 0) is 0 Å². The monoisotopic (exact) mass is 254 g/mol. The average molecular weight is 254 g/mol. The molecule has 104 valence electrons. The summed E-state index contributed by atoms with van der Waals surface area (Å²) in [5, 5.41) is 29.4. The first-order valence-corrected chi connectivity index (χ1v) is 6.99. The standard InChI is InChI=1S/C15H26O3/c1-10-13(18)12(17)8-14(2,3)15(10)6-4-11(9-16)5-7-15/h4,10,12-13,16-18H,5-9H2,1-3H3/t10-,12+,13+,15-/m0/s1. The van der Waals surface area contributed by atoms with Gasteiger partial charge in [0.05, 0.1) is 18.8 Å². The molecule has 1 saturated carbocycles. The smallest absolute Gasteiger partial charge is 0.0830 e. The van der Waals surface area contributed by atoms with Crippen molar-refractivity contribution in [3.8, 4) is 0 Å². The minimum absolute atomic E-state index is 0.0164. The fraction of sp³-hybridized carbons (Fsp3) is 0.867. The summed E-state index contributed by atoms with van der Waals surface area (Å²) in [7, 11) is 0. The van der Waals surface area contributed by atoms with Crippen molar-refractivity contribution in [2.24, 2.45) is 16.7 Å². The van der Waals surface area contributed by atoms with E-state index in [4.69, 9.17) is 0 Å². The lowest BCUT2D eigenvalue weighted by Gasteiger charge is -2.58. The average Bonchev–Trinajstić information content (AvgIpc) is 2.34. The van der Waals surface area contributed by atoms with E-state index in [1.165, 1.54) is 0 Å². The molecule has 3 N–H and O–H groups in total. The molecule has 3 nitrogen and oxygen atoms in total. The second-order valence-electron chi connectivity index (χ2n) is 6.82. The Morgan fingerprint density at radius 3 is 2.50 bits per heavy atom. The molecule has 1 spiro atoms. The Morgan fingerprint density at radius 1 is 1.33 bits per heavy atom. The van der Waals surface area contributed by atoms with Gasteiger partial charge in [0.1, 0.15) is 0 Å². The van der Waals surface area contributed by atoms with E-state index < -0.39 is 12.2 Å². The number of allylic oxidation sites excluding steroid dienone is 1. The minimum atomic E-state index is -0.623. The number of aliphatic hydroxyl groups excluding tert-OH is 3. The maximum absolute atomic E-state index is 10.2. The highest BCUT2D eigenvalue weighted by Gasteiger charge is 2.56. The van der Waals surface area contributed by atoms with Crippen LogP contribution in [0, 0.1) is 16.7 Å². The van der Waals surface area contributed by atoms with Gasteiger partial charge in [-0.05, 0) is 48.0 Å². The van der Waals surface area contributed by atoms with Crippen molar-refractivity contribution in [1.29, 1.82) is 0 Å². The van der Waals surface area contributed by atoms with Crippen molar-refractivity contribution >= 4 is 0 Å². The van der Waals surface area contributed by atoms with Gasteiger partial charge in [-0.1, -0.05) is 26.8 Å². The Balaban J connectivity index is 2.32. The summed E-state index contributed by atoms with van der Waals surface area (Å²) in [5.41, 5.74) is 1.18. The summed E-state index contributed by atoms with van der Waals surface area (Å²) < 4.78 is 0. The van der Waals surface area contributed by atoms with Gasteiger partial charge in [0.25, 0.3) is 0 Å². The van der Waals surface area contributed by atoms with Gasteiger partial charge in [0.15, 0.2) is 0 Å². The van der Waals surface area contributed by atoms with E-state index in [2.05, 4.69) is 26.8 Å². The van der Waals surface area contributed by atoms with Gasteiger partial charge < -0.3 is 15.3 Å². The molecule has 0 radical (unpaired) electrons. The topological polar surface area (TPSA) is 60.7 Å². The van der Waals surface area contributed by atoms with Gasteiger partial charge in [0, 0.05) is 0 Å². The molecule has 2 aliphatic carbocycles. The Morgan fingerprint density at radius 2 is 2.00 bits per heavy atom. The molecule has 18 heavy (non-hydrogen) atoms. The van der Waals surface area contributed by atoms with Crippen LogP contribution >= 0.6 is 0 Å². The van der Waals surface area contributed by atoms with Gasteiger partial charge in [-0.25, -0.2) is 0 Å². The molecule has 1 fully saturated rings. The molecule has 0 aromatic rings. The molecule has 0 amide bonds. The van der Waals surface area contributed by atoms with E-state index in [0.717, 1.165) is 24.8 Å². The second-order valence-corrected chi connectivity index (χ2v) is 6.82. The molecule has 0 unspecified atom stereocenters. The molecule has 0 saturated heterocycles. The van der Waals surface area contributed by atoms with E-state index >= 15 is 0 Å². The first-order valence-electron chi connectivity index (χ1n) is 6.99. The largest absolute Gasteiger partial charge is 0.392 e. The van der Waals surface area contributed by atoms with E-state index in [1.807, 2.05) is 0 Å². The molecular weight excluding hydrogens is 228 g/mol. The van der Waals surface area contributed by atoms with E-state index in [9.17, 15) is 15.3 Å². The van der Waals surface area contributed by atoms with Crippen LogP contribution in [-0.4, -0.2) is 34.1 Å². The quantitative estimate of drug-likeness (QED) is 0.626. The highest BCUT2D eigenvalue weighted by atomic mass is 16.3. The van der Waals surface area contributed by atoms with Crippen molar-refractivity contribution in [3.63, 3.8) is 0 Å². The summed E-state index contributed by atoms with van der Waals surface area (Å²) in [4.78, 5) is 0. The van der Waals surface area contributed by atoms with Crippen LogP contribution in [0.15, 0.2) is 11.6 Å². The summed E-state index contributed by atoms with van der Waals surface area (Å²) in [6.45, 7) is 6.62. The van der Waals surface area contributed by atoms with Crippen LogP contribution in [0.5, 0.6) is 0 Å². The van der Waals surface area contributed by atoms with Crippen molar-refractivity contribution in [3.05, 3.63) is 11.6 Å². The van der Waals surface area contributed by atoms with Gasteiger partial charge in [-0.2, -0.15) is 0 Å². The highest BCUT2D eigenvalue weighted by Crippen LogP contribution is 2.59. The lowest BCUT2D eigenvalue weighted by Crippen LogP contribution is -2.57. The zero-order valence-corrected chi connectivity index (χ0v) is 11.7. The van der Waals surface area contributed by atoms with Crippen molar-refractivity contribution in [1.82, 2.24) is 0 Å². The predicted molar refractivity (Wildman–Crippen MR) is 71.0 cm³/mol. The Labute approximate surface area is 110 Å². The van der Waals surface area contributed by atoms with E-state index in [-0.39, 0.29) is 23.4 Å². The molecule has 2 aliphatic rings. The molecule has 0 aromatic carbocycles. The number of hydrogen-bond donors (Lipinski definition) is 3. The fourth-order valence-electron chi connectivity index (χ4n) is 4.21. The summed E-state index contributed by atoms with van der Waals surface area (Å²) >= 11 is 0. The third kappa shape index (κ3) is 1.93. The van der Waals surface area contributed by atoms with Crippen LogP contribution in [0.3, 0.4) is 0 Å². The molecule has 0 aliphatic heterocycles.